The van der Waals surface area contributed by atoms with Crippen LogP contribution in [0.3, 0.4) is 0 Å². The van der Waals surface area contributed by atoms with Crippen molar-refractivity contribution in [3.8, 4) is 0 Å². The molecule has 0 saturated heterocycles. The summed E-state index contributed by atoms with van der Waals surface area (Å²) in [6.45, 7) is 12.7. The quantitative estimate of drug-likeness (QED) is 0.904. The van der Waals surface area contributed by atoms with E-state index >= 15 is 0 Å². The van der Waals surface area contributed by atoms with Gasteiger partial charge in [-0.3, -0.25) is 0 Å². The van der Waals surface area contributed by atoms with Gasteiger partial charge in [0, 0.05) is 6.04 Å². The normalized spacial score (nSPS) is 32.4. The van der Waals surface area contributed by atoms with Gasteiger partial charge in [0.1, 0.15) is 0 Å². The van der Waals surface area contributed by atoms with Crippen molar-refractivity contribution < 1.29 is 8.42 Å². The predicted molar refractivity (Wildman–Crippen MR) is 94.0 cm³/mol. The first kappa shape index (κ1) is 17.0. The molecular formula is C19H29NO2S. The Morgan fingerprint density at radius 3 is 2.09 bits per heavy atom. The zero-order valence-electron chi connectivity index (χ0n) is 15.2. The highest BCUT2D eigenvalue weighted by atomic mass is 32.2. The molecule has 128 valence electrons. The molecule has 1 aromatic rings. The lowest BCUT2D eigenvalue weighted by molar-refractivity contribution is 0.130. The van der Waals surface area contributed by atoms with Crippen LogP contribution in [0.2, 0.25) is 0 Å². The molecule has 1 aromatic carbocycles. The lowest BCUT2D eigenvalue weighted by atomic mass is 9.69. The van der Waals surface area contributed by atoms with Crippen LogP contribution in [-0.2, 0) is 10.0 Å². The van der Waals surface area contributed by atoms with Gasteiger partial charge in [0.2, 0.25) is 10.0 Å². The molecule has 3 rings (SSSR count). The van der Waals surface area contributed by atoms with Gasteiger partial charge in [0.25, 0.3) is 0 Å². The molecule has 0 aliphatic heterocycles. The van der Waals surface area contributed by atoms with Gasteiger partial charge in [0.05, 0.1) is 4.90 Å². The number of aryl methyl sites for hydroxylation is 3. The minimum absolute atomic E-state index is 0.0429. The van der Waals surface area contributed by atoms with Crippen LogP contribution in [0.4, 0.5) is 0 Å². The van der Waals surface area contributed by atoms with Gasteiger partial charge in [-0.15, -0.1) is 0 Å². The molecule has 23 heavy (non-hydrogen) atoms. The van der Waals surface area contributed by atoms with E-state index in [4.69, 9.17) is 0 Å². The third kappa shape index (κ3) is 2.37. The molecule has 1 N–H and O–H groups in total. The largest absolute Gasteiger partial charge is 0.241 e. The smallest absolute Gasteiger partial charge is 0.207 e. The Kier molecular flexibility index (Phi) is 3.73. The van der Waals surface area contributed by atoms with E-state index in [-0.39, 0.29) is 16.9 Å². The number of nitrogens with one attached hydrogen (secondary N) is 1. The van der Waals surface area contributed by atoms with Crippen molar-refractivity contribution in [3.05, 3.63) is 28.8 Å². The van der Waals surface area contributed by atoms with E-state index in [2.05, 4.69) is 25.5 Å². The lowest BCUT2D eigenvalue weighted by Gasteiger charge is -2.39. The predicted octanol–water partition coefficient (Wildman–Crippen LogP) is 4.10. The fourth-order valence-electron chi connectivity index (χ4n) is 5.22. The van der Waals surface area contributed by atoms with Gasteiger partial charge in [-0.2, -0.15) is 0 Å². The summed E-state index contributed by atoms with van der Waals surface area (Å²) < 4.78 is 29.2. The molecule has 4 heteroatoms. The lowest BCUT2D eigenvalue weighted by Crippen LogP contribution is -2.47. The van der Waals surface area contributed by atoms with Crippen molar-refractivity contribution in [3.63, 3.8) is 0 Å². The van der Waals surface area contributed by atoms with E-state index in [9.17, 15) is 8.42 Å². The highest BCUT2D eigenvalue weighted by molar-refractivity contribution is 7.89. The minimum atomic E-state index is -3.48. The summed E-state index contributed by atoms with van der Waals surface area (Å²) >= 11 is 0. The van der Waals surface area contributed by atoms with Gasteiger partial charge >= 0.3 is 0 Å². The number of hydrogen-bond acceptors (Lipinski definition) is 2. The first-order valence-corrected chi connectivity index (χ1v) is 10.1. The van der Waals surface area contributed by atoms with Crippen molar-refractivity contribution in [2.75, 3.05) is 0 Å². The molecule has 3 atom stereocenters. The summed E-state index contributed by atoms with van der Waals surface area (Å²) in [6.07, 6.45) is 3.31. The maximum atomic E-state index is 13.1. The monoisotopic (exact) mass is 335 g/mol. The number of sulfonamides is 1. The number of fused-ring (bicyclic) bond motifs is 2. The Hall–Kier alpha value is -0.870. The summed E-state index contributed by atoms with van der Waals surface area (Å²) in [5.41, 5.74) is 3.03. The van der Waals surface area contributed by atoms with Crippen LogP contribution >= 0.6 is 0 Å². The van der Waals surface area contributed by atoms with Crippen molar-refractivity contribution >= 4 is 10.0 Å². The van der Waals surface area contributed by atoms with Crippen LogP contribution in [-0.4, -0.2) is 14.5 Å². The second-order valence-electron chi connectivity index (χ2n) is 8.51. The van der Waals surface area contributed by atoms with E-state index in [0.717, 1.165) is 29.5 Å². The second-order valence-corrected chi connectivity index (χ2v) is 10.2. The molecule has 0 amide bonds. The summed E-state index contributed by atoms with van der Waals surface area (Å²) in [4.78, 5) is 0.465. The van der Waals surface area contributed by atoms with Crippen molar-refractivity contribution in [1.82, 2.24) is 4.72 Å². The average molecular weight is 336 g/mol. The molecule has 0 radical (unpaired) electrons. The molecule has 0 aromatic heterocycles. The van der Waals surface area contributed by atoms with Crippen molar-refractivity contribution in [1.29, 1.82) is 0 Å². The number of hydrogen-bond donors (Lipinski definition) is 1. The molecule has 2 fully saturated rings. The van der Waals surface area contributed by atoms with Gasteiger partial charge in [-0.05, 0) is 67.9 Å². The number of benzene rings is 1. The van der Waals surface area contributed by atoms with Crippen LogP contribution in [0.1, 0.15) is 56.7 Å². The Morgan fingerprint density at radius 2 is 1.65 bits per heavy atom. The summed E-state index contributed by atoms with van der Waals surface area (Å²) in [7, 11) is -3.48. The highest BCUT2D eigenvalue weighted by Crippen LogP contribution is 2.65. The average Bonchev–Trinajstić information content (AvgIpc) is 2.69. The van der Waals surface area contributed by atoms with Crippen LogP contribution in [0.15, 0.2) is 17.0 Å². The van der Waals surface area contributed by atoms with Gasteiger partial charge < -0.3 is 0 Å². The van der Waals surface area contributed by atoms with Crippen LogP contribution in [0.25, 0.3) is 0 Å². The molecule has 2 saturated carbocycles. The van der Waals surface area contributed by atoms with Crippen LogP contribution in [0.5, 0.6) is 0 Å². The second kappa shape index (κ2) is 5.06. The van der Waals surface area contributed by atoms with Crippen molar-refractivity contribution in [2.24, 2.45) is 16.7 Å². The first-order valence-electron chi connectivity index (χ1n) is 8.59. The van der Waals surface area contributed by atoms with E-state index in [1.807, 2.05) is 32.9 Å². The fraction of sp³-hybridized carbons (Fsp3) is 0.684. The summed E-state index contributed by atoms with van der Waals surface area (Å²) in [5.74, 6) is 0.625. The molecular weight excluding hydrogens is 306 g/mol. The maximum Gasteiger partial charge on any atom is 0.241 e. The number of rotatable bonds is 3. The molecule has 2 bridgehead atoms. The minimum Gasteiger partial charge on any atom is -0.207 e. The Balaban J connectivity index is 1.95. The van der Waals surface area contributed by atoms with E-state index in [1.54, 1.807) is 0 Å². The molecule has 0 heterocycles. The van der Waals surface area contributed by atoms with Gasteiger partial charge in [-0.25, -0.2) is 13.1 Å². The molecule has 2 aliphatic carbocycles. The van der Waals surface area contributed by atoms with Gasteiger partial charge in [0.15, 0.2) is 0 Å². The van der Waals surface area contributed by atoms with Crippen LogP contribution in [0, 0.1) is 37.5 Å². The fourth-order valence-corrected chi connectivity index (χ4v) is 7.03. The Bertz CT molecular complexity index is 728. The van der Waals surface area contributed by atoms with Crippen LogP contribution < -0.4 is 4.72 Å². The summed E-state index contributed by atoms with van der Waals surface area (Å²) in [6, 6.07) is 3.95. The standard InChI is InChI=1S/C19H29NO2S/c1-12-9-13(2)17(14(3)10-12)23(21,22)20-16-11-15-7-8-19(16,6)18(15,4)5/h9-10,15-16,20H,7-8,11H2,1-6H3. The molecule has 3 unspecified atom stereocenters. The zero-order valence-corrected chi connectivity index (χ0v) is 16.0. The van der Waals surface area contributed by atoms with E-state index in [0.29, 0.717) is 10.8 Å². The third-order valence-corrected chi connectivity index (χ3v) is 8.74. The topological polar surface area (TPSA) is 46.2 Å². The first-order chi connectivity index (χ1) is 10.5. The SMILES string of the molecule is Cc1cc(C)c(S(=O)(=O)NC2CC3CCC2(C)C3(C)C)c(C)c1. The van der Waals surface area contributed by atoms with Crippen molar-refractivity contribution in [2.45, 2.75) is 71.7 Å². The molecule has 2 aliphatic rings. The molecule has 0 spiro atoms. The Morgan fingerprint density at radius 1 is 1.09 bits per heavy atom. The highest BCUT2D eigenvalue weighted by Gasteiger charge is 2.61. The summed E-state index contributed by atoms with van der Waals surface area (Å²) in [5, 5.41) is 0. The maximum absolute atomic E-state index is 13.1. The van der Waals surface area contributed by atoms with E-state index < -0.39 is 10.0 Å². The Labute approximate surface area is 140 Å². The third-order valence-electron chi connectivity index (χ3n) is 6.96. The van der Waals surface area contributed by atoms with Gasteiger partial charge in [-0.1, -0.05) is 38.5 Å². The van der Waals surface area contributed by atoms with E-state index in [1.165, 1.54) is 6.42 Å². The molecule has 3 nitrogen and oxygen atoms in total. The zero-order chi connectivity index (χ0) is 17.2.